The highest BCUT2D eigenvalue weighted by atomic mass is 35.5. The number of carbonyl (C=O) groups excluding carboxylic acids is 1. The van der Waals surface area contributed by atoms with Crippen LogP contribution in [0.4, 0.5) is 0 Å². The van der Waals surface area contributed by atoms with Gasteiger partial charge in [-0.3, -0.25) is 4.79 Å². The number of nitrogens with one attached hydrogen (secondary N) is 1. The van der Waals surface area contributed by atoms with Crippen molar-refractivity contribution in [1.82, 2.24) is 19.3 Å². The molecule has 0 aliphatic rings. The second kappa shape index (κ2) is 5.64. The molecular weight excluding hydrogens is 340 g/mol. The lowest BCUT2D eigenvalue weighted by Gasteiger charge is -2.04. The van der Waals surface area contributed by atoms with E-state index in [1.165, 1.54) is 16.8 Å². The lowest BCUT2D eigenvalue weighted by molar-refractivity contribution is 0.0977. The molecule has 2 heterocycles. The molecule has 1 aromatic carbocycles. The van der Waals surface area contributed by atoms with Crippen molar-refractivity contribution in [1.29, 1.82) is 0 Å². The summed E-state index contributed by atoms with van der Waals surface area (Å²) in [7, 11) is -3.66. The monoisotopic (exact) mass is 350 g/mol. The maximum absolute atomic E-state index is 11.9. The number of carbonyl (C=O) groups is 1. The van der Waals surface area contributed by atoms with Crippen LogP contribution in [0.1, 0.15) is 10.5 Å². The first-order chi connectivity index (χ1) is 10.8. The second-order valence-corrected chi connectivity index (χ2v) is 7.04. The molecule has 1 N–H and O–H groups in total. The summed E-state index contributed by atoms with van der Waals surface area (Å²) >= 11 is 5.99. The minimum absolute atomic E-state index is 0.0216. The number of hydrogen-bond acceptors (Lipinski definition) is 5. The fourth-order valence-electron chi connectivity index (χ4n) is 2.08. The molecule has 0 bridgehead atoms. The Labute approximate surface area is 137 Å². The van der Waals surface area contributed by atoms with E-state index in [9.17, 15) is 13.2 Å². The normalized spacial score (nSPS) is 11.6. The predicted molar refractivity (Wildman–Crippen MR) is 85.7 cm³/mol. The Kier molecular flexibility index (Phi) is 3.78. The summed E-state index contributed by atoms with van der Waals surface area (Å²) in [5.41, 5.74) is 1.88. The predicted octanol–water partition coefficient (Wildman–Crippen LogP) is 1.74. The largest absolute Gasteiger partial charge is 0.283 e. The van der Waals surface area contributed by atoms with Crippen molar-refractivity contribution in [3.8, 4) is 11.1 Å². The van der Waals surface area contributed by atoms with Gasteiger partial charge in [0.1, 0.15) is 5.69 Å². The first kappa shape index (κ1) is 15.4. The van der Waals surface area contributed by atoms with E-state index >= 15 is 0 Å². The number of nitrogens with zero attached hydrogens (tertiary/aromatic N) is 3. The topological polar surface area (TPSA) is 93.4 Å². The van der Waals surface area contributed by atoms with Gasteiger partial charge >= 0.3 is 0 Å². The van der Waals surface area contributed by atoms with Gasteiger partial charge in [-0.1, -0.05) is 23.7 Å². The Morgan fingerprint density at radius 3 is 2.78 bits per heavy atom. The number of halogens is 1. The highest BCUT2D eigenvalue weighted by Gasteiger charge is 2.15. The third-order valence-electron chi connectivity index (χ3n) is 3.02. The van der Waals surface area contributed by atoms with Crippen LogP contribution in [0, 0.1) is 0 Å². The molecule has 0 aliphatic heterocycles. The molecule has 0 atom stereocenters. The molecule has 0 fully saturated rings. The fourth-order valence-corrected chi connectivity index (χ4v) is 2.71. The third kappa shape index (κ3) is 3.33. The zero-order valence-electron chi connectivity index (χ0n) is 11.9. The fraction of sp³-hybridized carbons (Fsp3) is 0.0714. The molecule has 2 aromatic heterocycles. The van der Waals surface area contributed by atoms with Crippen molar-refractivity contribution in [3.05, 3.63) is 53.4 Å². The van der Waals surface area contributed by atoms with Crippen LogP contribution in [0.5, 0.6) is 0 Å². The van der Waals surface area contributed by atoms with Crippen molar-refractivity contribution in [2.75, 3.05) is 6.26 Å². The van der Waals surface area contributed by atoms with Gasteiger partial charge < -0.3 is 0 Å². The SMILES string of the molecule is CS(=O)(=O)NC(=O)c1ccn2ncc(-c3cccc(Cl)c3)c2n1. The molecule has 9 heteroatoms. The van der Waals surface area contributed by atoms with E-state index in [0.29, 0.717) is 16.2 Å². The molecule has 0 aliphatic carbocycles. The summed E-state index contributed by atoms with van der Waals surface area (Å²) < 4.78 is 25.7. The molecule has 3 aromatic rings. The summed E-state index contributed by atoms with van der Waals surface area (Å²) in [6.45, 7) is 0. The maximum Gasteiger partial charge on any atom is 0.283 e. The number of rotatable bonds is 3. The second-order valence-electron chi connectivity index (χ2n) is 4.85. The van der Waals surface area contributed by atoms with Crippen LogP contribution in [0.25, 0.3) is 16.8 Å². The smallest absolute Gasteiger partial charge is 0.266 e. The molecular formula is C14H11ClN4O3S. The molecule has 1 amide bonds. The summed E-state index contributed by atoms with van der Waals surface area (Å²) in [6.07, 6.45) is 4.04. The van der Waals surface area contributed by atoms with Crippen LogP contribution in [0.2, 0.25) is 5.02 Å². The van der Waals surface area contributed by atoms with E-state index in [-0.39, 0.29) is 5.69 Å². The van der Waals surface area contributed by atoms with Gasteiger partial charge in [0.2, 0.25) is 10.0 Å². The van der Waals surface area contributed by atoms with Crippen molar-refractivity contribution in [3.63, 3.8) is 0 Å². The molecule has 23 heavy (non-hydrogen) atoms. The number of amides is 1. The van der Waals surface area contributed by atoms with E-state index in [2.05, 4.69) is 10.1 Å². The van der Waals surface area contributed by atoms with E-state index in [1.807, 2.05) is 10.8 Å². The Morgan fingerprint density at radius 1 is 1.30 bits per heavy atom. The maximum atomic E-state index is 11.9. The first-order valence-electron chi connectivity index (χ1n) is 6.46. The quantitative estimate of drug-likeness (QED) is 0.776. The molecule has 0 spiro atoms. The lowest BCUT2D eigenvalue weighted by Crippen LogP contribution is -2.30. The summed E-state index contributed by atoms with van der Waals surface area (Å²) in [5.74, 6) is -0.798. The summed E-state index contributed by atoms with van der Waals surface area (Å²) in [4.78, 5) is 16.1. The van der Waals surface area contributed by atoms with Crippen molar-refractivity contribution >= 4 is 33.2 Å². The molecule has 118 valence electrons. The van der Waals surface area contributed by atoms with Crippen LogP contribution >= 0.6 is 11.6 Å². The van der Waals surface area contributed by atoms with Gasteiger partial charge in [0.05, 0.1) is 12.5 Å². The van der Waals surface area contributed by atoms with Crippen molar-refractivity contribution in [2.45, 2.75) is 0 Å². The van der Waals surface area contributed by atoms with E-state index in [1.54, 1.807) is 24.4 Å². The molecule has 7 nitrogen and oxygen atoms in total. The van der Waals surface area contributed by atoms with E-state index in [4.69, 9.17) is 11.6 Å². The Bertz CT molecular complexity index is 1010. The molecule has 3 rings (SSSR count). The highest BCUT2D eigenvalue weighted by Crippen LogP contribution is 2.25. The lowest BCUT2D eigenvalue weighted by atomic mass is 10.1. The minimum atomic E-state index is -3.66. The Morgan fingerprint density at radius 2 is 2.09 bits per heavy atom. The van der Waals surface area contributed by atoms with Crippen LogP contribution in [-0.4, -0.2) is 35.2 Å². The molecule has 0 saturated carbocycles. The van der Waals surface area contributed by atoms with E-state index in [0.717, 1.165) is 11.8 Å². The van der Waals surface area contributed by atoms with Crippen LogP contribution in [-0.2, 0) is 10.0 Å². The number of hydrogen-bond donors (Lipinski definition) is 1. The number of sulfonamides is 1. The van der Waals surface area contributed by atoms with Crippen molar-refractivity contribution in [2.24, 2.45) is 0 Å². The van der Waals surface area contributed by atoms with Gasteiger partial charge in [-0.2, -0.15) is 5.10 Å². The Hall–Kier alpha value is -2.45. The van der Waals surface area contributed by atoms with Crippen LogP contribution in [0.15, 0.2) is 42.7 Å². The van der Waals surface area contributed by atoms with Gasteiger partial charge in [-0.05, 0) is 23.8 Å². The van der Waals surface area contributed by atoms with E-state index < -0.39 is 15.9 Å². The first-order valence-corrected chi connectivity index (χ1v) is 8.73. The van der Waals surface area contributed by atoms with Gasteiger partial charge in [0, 0.05) is 16.8 Å². The highest BCUT2D eigenvalue weighted by molar-refractivity contribution is 7.89. The van der Waals surface area contributed by atoms with Gasteiger partial charge in [0.15, 0.2) is 5.65 Å². The summed E-state index contributed by atoms with van der Waals surface area (Å²) in [6, 6.07) is 8.52. The van der Waals surface area contributed by atoms with Gasteiger partial charge in [-0.25, -0.2) is 22.6 Å². The van der Waals surface area contributed by atoms with Gasteiger partial charge in [0.25, 0.3) is 5.91 Å². The molecule has 0 unspecified atom stereocenters. The van der Waals surface area contributed by atoms with Crippen molar-refractivity contribution < 1.29 is 13.2 Å². The average Bonchev–Trinajstić information content (AvgIpc) is 2.88. The van der Waals surface area contributed by atoms with Crippen LogP contribution in [0.3, 0.4) is 0 Å². The zero-order chi connectivity index (χ0) is 16.6. The number of fused-ring (bicyclic) bond motifs is 1. The third-order valence-corrected chi connectivity index (χ3v) is 3.81. The average molecular weight is 351 g/mol. The standard InChI is InChI=1S/C14H11ClN4O3S/c1-23(21,22)18-14(20)12-5-6-19-13(17-12)11(8-16-19)9-3-2-4-10(15)7-9/h2-8H,1H3,(H,18,20). The minimum Gasteiger partial charge on any atom is -0.266 e. The number of benzene rings is 1. The summed E-state index contributed by atoms with van der Waals surface area (Å²) in [5, 5.41) is 4.72. The van der Waals surface area contributed by atoms with Gasteiger partial charge in [-0.15, -0.1) is 0 Å². The Balaban J connectivity index is 2.09. The van der Waals surface area contributed by atoms with Crippen LogP contribution < -0.4 is 4.72 Å². The molecule has 0 radical (unpaired) electrons. The molecule has 0 saturated heterocycles. The number of aromatic nitrogens is 3. The zero-order valence-corrected chi connectivity index (χ0v) is 13.5.